The Labute approximate surface area is 139 Å². The van der Waals surface area contributed by atoms with Crippen LogP contribution in [0.25, 0.3) is 0 Å². The van der Waals surface area contributed by atoms with Gasteiger partial charge in [-0.2, -0.15) is 10.4 Å². The summed E-state index contributed by atoms with van der Waals surface area (Å²) in [6.45, 7) is 6.85. The van der Waals surface area contributed by atoms with Gasteiger partial charge in [0.05, 0.1) is 24.7 Å². The van der Waals surface area contributed by atoms with Gasteiger partial charge >= 0.3 is 0 Å². The summed E-state index contributed by atoms with van der Waals surface area (Å²) in [5.41, 5.74) is 3.20. The van der Waals surface area contributed by atoms with Crippen molar-refractivity contribution in [2.75, 3.05) is 0 Å². The highest BCUT2D eigenvalue weighted by Crippen LogP contribution is 2.24. The quantitative estimate of drug-likeness (QED) is 0.877. The fourth-order valence-electron chi connectivity index (χ4n) is 3.52. The molecule has 2 atom stereocenters. The van der Waals surface area contributed by atoms with Crippen molar-refractivity contribution in [1.82, 2.24) is 15.1 Å². The van der Waals surface area contributed by atoms with E-state index in [4.69, 9.17) is 5.26 Å². The van der Waals surface area contributed by atoms with Crippen LogP contribution < -0.4 is 5.32 Å². The van der Waals surface area contributed by atoms with Crippen molar-refractivity contribution in [2.45, 2.75) is 78.3 Å². The average molecular weight is 316 g/mol. The minimum atomic E-state index is 0.146. The molecule has 1 aromatic rings. The van der Waals surface area contributed by atoms with Crippen molar-refractivity contribution >= 4 is 5.91 Å². The zero-order valence-electron chi connectivity index (χ0n) is 14.6. The molecule has 0 saturated heterocycles. The molecule has 1 aliphatic carbocycles. The van der Waals surface area contributed by atoms with E-state index in [1.54, 1.807) is 0 Å². The second-order valence-corrected chi connectivity index (χ2v) is 6.72. The van der Waals surface area contributed by atoms with Gasteiger partial charge in [-0.1, -0.05) is 19.8 Å². The van der Waals surface area contributed by atoms with Crippen LogP contribution in [0.4, 0.5) is 0 Å². The zero-order valence-corrected chi connectivity index (χ0v) is 14.6. The van der Waals surface area contributed by atoms with E-state index < -0.39 is 0 Å². The van der Waals surface area contributed by atoms with Crippen LogP contribution >= 0.6 is 0 Å². The van der Waals surface area contributed by atoms with Gasteiger partial charge in [0.2, 0.25) is 5.91 Å². The number of nitriles is 1. The number of hydrogen-bond donors (Lipinski definition) is 1. The molecule has 0 aliphatic heterocycles. The first-order chi connectivity index (χ1) is 11.0. The predicted molar refractivity (Wildman–Crippen MR) is 89.8 cm³/mol. The SMILES string of the molecule is Cc1nn(CCC#N)c(C)c1CCC(=O)NC1CCCCC1C. The molecule has 2 unspecified atom stereocenters. The largest absolute Gasteiger partial charge is 0.353 e. The molecule has 0 radical (unpaired) electrons. The number of aromatic nitrogens is 2. The maximum Gasteiger partial charge on any atom is 0.220 e. The van der Waals surface area contributed by atoms with Gasteiger partial charge in [-0.15, -0.1) is 0 Å². The highest BCUT2D eigenvalue weighted by atomic mass is 16.1. The molecule has 0 spiro atoms. The van der Waals surface area contributed by atoms with Gasteiger partial charge in [0.15, 0.2) is 0 Å². The Morgan fingerprint density at radius 2 is 2.13 bits per heavy atom. The lowest BCUT2D eigenvalue weighted by Crippen LogP contribution is -2.41. The van der Waals surface area contributed by atoms with Crippen molar-refractivity contribution in [1.29, 1.82) is 5.26 Å². The number of amides is 1. The van der Waals surface area contributed by atoms with Crippen LogP contribution in [-0.2, 0) is 17.8 Å². The minimum Gasteiger partial charge on any atom is -0.353 e. The Morgan fingerprint density at radius 1 is 1.39 bits per heavy atom. The van der Waals surface area contributed by atoms with Crippen LogP contribution in [-0.4, -0.2) is 21.7 Å². The van der Waals surface area contributed by atoms with Gasteiger partial charge < -0.3 is 5.32 Å². The number of nitrogens with one attached hydrogen (secondary N) is 1. The van der Waals surface area contributed by atoms with Gasteiger partial charge in [0, 0.05) is 18.2 Å². The normalized spacial score (nSPS) is 21.0. The summed E-state index contributed by atoms with van der Waals surface area (Å²) in [5.74, 6) is 0.734. The lowest BCUT2D eigenvalue weighted by Gasteiger charge is -2.29. The maximum atomic E-state index is 12.3. The van der Waals surface area contributed by atoms with Crippen LogP contribution in [0.5, 0.6) is 0 Å². The third kappa shape index (κ3) is 4.57. The van der Waals surface area contributed by atoms with Crippen molar-refractivity contribution in [2.24, 2.45) is 5.92 Å². The molecular weight excluding hydrogens is 288 g/mol. The molecule has 1 aromatic heterocycles. The summed E-state index contributed by atoms with van der Waals surface area (Å²) >= 11 is 0. The summed E-state index contributed by atoms with van der Waals surface area (Å²) in [6, 6.07) is 2.49. The Hall–Kier alpha value is -1.83. The molecule has 2 rings (SSSR count). The molecular formula is C18H28N4O. The van der Waals surface area contributed by atoms with Crippen LogP contribution in [0.1, 0.15) is 62.4 Å². The summed E-state index contributed by atoms with van der Waals surface area (Å²) < 4.78 is 1.88. The maximum absolute atomic E-state index is 12.3. The Balaban J connectivity index is 1.89. The first kappa shape index (κ1) is 17.5. The minimum absolute atomic E-state index is 0.146. The number of hydrogen-bond acceptors (Lipinski definition) is 3. The molecule has 23 heavy (non-hydrogen) atoms. The standard InChI is InChI=1S/C18H28N4O/c1-13-7-4-5-8-17(13)20-18(23)10-9-16-14(2)21-22(15(16)3)12-6-11-19/h13,17H,4-10,12H2,1-3H3,(H,20,23). The highest BCUT2D eigenvalue weighted by Gasteiger charge is 2.23. The van der Waals surface area contributed by atoms with Crippen molar-refractivity contribution < 1.29 is 4.79 Å². The van der Waals surface area contributed by atoms with E-state index in [1.807, 2.05) is 18.5 Å². The third-order valence-electron chi connectivity index (χ3n) is 5.03. The lowest BCUT2D eigenvalue weighted by atomic mass is 9.86. The van der Waals surface area contributed by atoms with Crippen molar-refractivity contribution in [3.8, 4) is 6.07 Å². The van der Waals surface area contributed by atoms with Crippen LogP contribution in [0.3, 0.4) is 0 Å². The van der Waals surface area contributed by atoms with Crippen LogP contribution in [0.15, 0.2) is 0 Å². The summed E-state index contributed by atoms with van der Waals surface area (Å²) in [5, 5.41) is 16.4. The van der Waals surface area contributed by atoms with Crippen LogP contribution in [0.2, 0.25) is 0 Å². The second kappa shape index (κ2) is 8.14. The topological polar surface area (TPSA) is 70.7 Å². The molecule has 5 nitrogen and oxygen atoms in total. The third-order valence-corrected chi connectivity index (χ3v) is 5.03. The van der Waals surface area contributed by atoms with Crippen LogP contribution in [0, 0.1) is 31.1 Å². The van der Waals surface area contributed by atoms with E-state index in [9.17, 15) is 4.79 Å². The second-order valence-electron chi connectivity index (χ2n) is 6.72. The van der Waals surface area contributed by atoms with E-state index in [1.165, 1.54) is 19.3 Å². The first-order valence-electron chi connectivity index (χ1n) is 8.72. The Bertz CT molecular complexity index is 585. The molecule has 5 heteroatoms. The van der Waals surface area contributed by atoms with Gasteiger partial charge in [-0.25, -0.2) is 0 Å². The fraction of sp³-hybridized carbons (Fsp3) is 0.722. The lowest BCUT2D eigenvalue weighted by molar-refractivity contribution is -0.122. The molecule has 126 valence electrons. The van der Waals surface area contributed by atoms with Gasteiger partial charge in [-0.05, 0) is 44.6 Å². The predicted octanol–water partition coefficient (Wildman–Crippen LogP) is 3.04. The molecule has 1 fully saturated rings. The first-order valence-corrected chi connectivity index (χ1v) is 8.72. The molecule has 1 saturated carbocycles. The van der Waals surface area contributed by atoms with Gasteiger partial charge in [-0.3, -0.25) is 9.48 Å². The Kier molecular flexibility index (Phi) is 6.20. The van der Waals surface area contributed by atoms with Crippen molar-refractivity contribution in [3.05, 3.63) is 17.0 Å². The number of nitrogens with zero attached hydrogens (tertiary/aromatic N) is 3. The summed E-state index contributed by atoms with van der Waals surface area (Å²) in [6.07, 6.45) is 6.52. The highest BCUT2D eigenvalue weighted by molar-refractivity contribution is 5.76. The van der Waals surface area contributed by atoms with E-state index in [0.29, 0.717) is 31.3 Å². The van der Waals surface area contributed by atoms with Crippen molar-refractivity contribution in [3.63, 3.8) is 0 Å². The van der Waals surface area contributed by atoms with E-state index in [2.05, 4.69) is 23.4 Å². The molecule has 0 bridgehead atoms. The smallest absolute Gasteiger partial charge is 0.220 e. The summed E-state index contributed by atoms with van der Waals surface area (Å²) in [4.78, 5) is 12.3. The zero-order chi connectivity index (χ0) is 16.8. The number of carbonyl (C=O) groups excluding carboxylic acids is 1. The fourth-order valence-corrected chi connectivity index (χ4v) is 3.52. The molecule has 1 heterocycles. The number of carbonyl (C=O) groups is 1. The van der Waals surface area contributed by atoms with E-state index in [-0.39, 0.29) is 5.91 Å². The summed E-state index contributed by atoms with van der Waals surface area (Å²) in [7, 11) is 0. The molecule has 1 N–H and O–H groups in total. The number of rotatable bonds is 6. The Morgan fingerprint density at radius 3 is 2.83 bits per heavy atom. The average Bonchev–Trinajstić information content (AvgIpc) is 2.79. The van der Waals surface area contributed by atoms with E-state index >= 15 is 0 Å². The monoisotopic (exact) mass is 316 g/mol. The number of aryl methyl sites for hydroxylation is 2. The molecule has 1 aliphatic rings. The molecule has 0 aromatic carbocycles. The molecule has 1 amide bonds. The van der Waals surface area contributed by atoms with Gasteiger partial charge in [0.25, 0.3) is 0 Å². The van der Waals surface area contributed by atoms with E-state index in [0.717, 1.165) is 29.8 Å². The van der Waals surface area contributed by atoms with Gasteiger partial charge in [0.1, 0.15) is 0 Å².